The molecule has 0 fully saturated rings. The highest BCUT2D eigenvalue weighted by molar-refractivity contribution is 4.94. The van der Waals surface area contributed by atoms with Crippen LogP contribution in [0, 0.1) is 0 Å². The monoisotopic (exact) mass is 279 g/mol. The quantitative estimate of drug-likeness (QED) is 0.422. The van der Waals surface area contributed by atoms with E-state index >= 15 is 0 Å². The lowest BCUT2D eigenvalue weighted by atomic mass is 10.1. The second kappa shape index (κ2) is 11.8. The lowest BCUT2D eigenvalue weighted by molar-refractivity contribution is 0.267. The van der Waals surface area contributed by atoms with Crippen molar-refractivity contribution < 1.29 is 0 Å². The molecule has 1 aliphatic heterocycles. The predicted molar refractivity (Wildman–Crippen MR) is 88.2 cm³/mol. The molecule has 1 aliphatic rings. The summed E-state index contributed by atoms with van der Waals surface area (Å²) in [5.41, 5.74) is 5.61. The van der Waals surface area contributed by atoms with Crippen LogP contribution < -0.4 is 11.1 Å². The molecule has 1 rings (SSSR count). The van der Waals surface area contributed by atoms with Gasteiger partial charge < -0.3 is 16.0 Å². The molecule has 0 aliphatic carbocycles. The zero-order valence-corrected chi connectivity index (χ0v) is 13.2. The van der Waals surface area contributed by atoms with Crippen molar-refractivity contribution >= 4 is 0 Å². The molecule has 0 spiro atoms. The molecule has 20 heavy (non-hydrogen) atoms. The Morgan fingerprint density at radius 1 is 1.10 bits per heavy atom. The first-order valence-electron chi connectivity index (χ1n) is 8.42. The average Bonchev–Trinajstić information content (AvgIpc) is 2.89. The average molecular weight is 279 g/mol. The molecule has 0 saturated heterocycles. The molecular formula is C17H33N3. The summed E-state index contributed by atoms with van der Waals surface area (Å²) in [6.07, 6.45) is 21.1. The third-order valence-corrected chi connectivity index (χ3v) is 3.83. The minimum Gasteiger partial charge on any atom is -0.370 e. The van der Waals surface area contributed by atoms with E-state index in [0.29, 0.717) is 6.17 Å². The van der Waals surface area contributed by atoms with E-state index in [4.69, 9.17) is 5.73 Å². The van der Waals surface area contributed by atoms with Crippen molar-refractivity contribution in [1.82, 2.24) is 10.2 Å². The van der Waals surface area contributed by atoms with Crippen molar-refractivity contribution in [3.05, 3.63) is 24.6 Å². The van der Waals surface area contributed by atoms with Gasteiger partial charge in [-0.1, -0.05) is 44.8 Å². The van der Waals surface area contributed by atoms with Gasteiger partial charge in [-0.05, 0) is 32.1 Å². The fourth-order valence-corrected chi connectivity index (χ4v) is 2.61. The highest BCUT2D eigenvalue weighted by atomic mass is 15.3. The minimum absolute atomic E-state index is 0.459. The van der Waals surface area contributed by atoms with Crippen LogP contribution in [0.25, 0.3) is 0 Å². The fourth-order valence-electron chi connectivity index (χ4n) is 2.61. The highest BCUT2D eigenvalue weighted by Gasteiger charge is 2.16. The van der Waals surface area contributed by atoms with Crippen molar-refractivity contribution in [3.63, 3.8) is 0 Å². The summed E-state index contributed by atoms with van der Waals surface area (Å²) in [5, 5.41) is 3.39. The topological polar surface area (TPSA) is 41.3 Å². The SMILES string of the molecule is CCCCCCC/C=C/CCCC1NC=CN1CCN. The lowest BCUT2D eigenvalue weighted by Gasteiger charge is -2.24. The Balaban J connectivity index is 1.93. The van der Waals surface area contributed by atoms with Gasteiger partial charge in [0.15, 0.2) is 0 Å². The predicted octanol–water partition coefficient (Wildman–Crippen LogP) is 3.73. The molecule has 1 unspecified atom stereocenters. The summed E-state index contributed by atoms with van der Waals surface area (Å²) in [7, 11) is 0. The maximum atomic E-state index is 5.61. The number of rotatable bonds is 12. The normalized spacial score (nSPS) is 18.1. The Hall–Kier alpha value is -0.960. The maximum Gasteiger partial charge on any atom is 0.0981 e. The first-order chi connectivity index (χ1) is 9.88. The molecule has 3 heteroatoms. The van der Waals surface area contributed by atoms with E-state index in [2.05, 4.69) is 35.5 Å². The van der Waals surface area contributed by atoms with Crippen LogP contribution in [0.3, 0.4) is 0 Å². The van der Waals surface area contributed by atoms with E-state index in [1.54, 1.807) is 0 Å². The van der Waals surface area contributed by atoms with Crippen molar-refractivity contribution in [1.29, 1.82) is 0 Å². The summed E-state index contributed by atoms with van der Waals surface area (Å²) in [6.45, 7) is 3.94. The summed E-state index contributed by atoms with van der Waals surface area (Å²) < 4.78 is 0. The molecule has 3 nitrogen and oxygen atoms in total. The first kappa shape index (κ1) is 17.1. The van der Waals surface area contributed by atoms with Gasteiger partial charge in [0.05, 0.1) is 6.17 Å². The lowest BCUT2D eigenvalue weighted by Crippen LogP contribution is -2.37. The number of unbranched alkanes of at least 4 members (excludes halogenated alkanes) is 6. The van der Waals surface area contributed by atoms with Crippen LogP contribution in [0.4, 0.5) is 0 Å². The summed E-state index contributed by atoms with van der Waals surface area (Å²) in [5.74, 6) is 0. The molecular weight excluding hydrogens is 246 g/mol. The highest BCUT2D eigenvalue weighted by Crippen LogP contribution is 2.12. The molecule has 1 atom stereocenters. The standard InChI is InChI=1S/C17H33N3/c1-2-3-4-5-6-7-8-9-10-11-12-17-19-14-16-20(17)15-13-18/h8-9,14,16-17,19H,2-7,10-13,15,18H2,1H3/b9-8+. The smallest absolute Gasteiger partial charge is 0.0981 e. The second-order valence-corrected chi connectivity index (χ2v) is 5.63. The molecule has 0 aromatic heterocycles. The van der Waals surface area contributed by atoms with Gasteiger partial charge in [-0.15, -0.1) is 0 Å². The zero-order chi connectivity index (χ0) is 14.5. The third kappa shape index (κ3) is 7.59. The molecule has 1 heterocycles. The Bertz CT molecular complexity index is 273. The Morgan fingerprint density at radius 3 is 2.60 bits per heavy atom. The molecule has 0 bridgehead atoms. The van der Waals surface area contributed by atoms with Gasteiger partial charge in [0, 0.05) is 25.5 Å². The van der Waals surface area contributed by atoms with E-state index in [1.807, 2.05) is 6.20 Å². The van der Waals surface area contributed by atoms with Crippen molar-refractivity contribution in [2.75, 3.05) is 13.1 Å². The molecule has 3 N–H and O–H groups in total. The number of hydrogen-bond donors (Lipinski definition) is 2. The fraction of sp³-hybridized carbons (Fsp3) is 0.765. The number of hydrogen-bond acceptors (Lipinski definition) is 3. The minimum atomic E-state index is 0.459. The zero-order valence-electron chi connectivity index (χ0n) is 13.2. The van der Waals surface area contributed by atoms with Crippen LogP contribution in [0.15, 0.2) is 24.6 Å². The molecule has 0 amide bonds. The van der Waals surface area contributed by atoms with Gasteiger partial charge in [-0.3, -0.25) is 0 Å². The number of nitrogens with two attached hydrogens (primary N) is 1. The van der Waals surface area contributed by atoms with E-state index in [-0.39, 0.29) is 0 Å². The number of nitrogens with zero attached hydrogens (tertiary/aromatic N) is 1. The van der Waals surface area contributed by atoms with Gasteiger partial charge in [0.1, 0.15) is 0 Å². The van der Waals surface area contributed by atoms with Gasteiger partial charge in [-0.25, -0.2) is 0 Å². The second-order valence-electron chi connectivity index (χ2n) is 5.63. The van der Waals surface area contributed by atoms with Crippen LogP contribution in [-0.4, -0.2) is 24.2 Å². The van der Waals surface area contributed by atoms with E-state index in [9.17, 15) is 0 Å². The van der Waals surface area contributed by atoms with Gasteiger partial charge >= 0.3 is 0 Å². The van der Waals surface area contributed by atoms with Crippen LogP contribution >= 0.6 is 0 Å². The first-order valence-corrected chi connectivity index (χ1v) is 8.42. The molecule has 116 valence electrons. The summed E-state index contributed by atoms with van der Waals surface area (Å²) in [6, 6.07) is 0. The number of allylic oxidation sites excluding steroid dienone is 2. The van der Waals surface area contributed by atoms with Crippen LogP contribution in [0.5, 0.6) is 0 Å². The Kier molecular flexibility index (Phi) is 10.1. The molecule has 0 aromatic rings. The van der Waals surface area contributed by atoms with E-state index in [1.165, 1.54) is 57.8 Å². The summed E-state index contributed by atoms with van der Waals surface area (Å²) in [4.78, 5) is 2.30. The molecule has 0 saturated carbocycles. The van der Waals surface area contributed by atoms with E-state index < -0.39 is 0 Å². The van der Waals surface area contributed by atoms with Gasteiger partial charge in [0.2, 0.25) is 0 Å². The van der Waals surface area contributed by atoms with Gasteiger partial charge in [-0.2, -0.15) is 0 Å². The van der Waals surface area contributed by atoms with Crippen molar-refractivity contribution in [2.45, 2.75) is 70.9 Å². The Morgan fingerprint density at radius 2 is 1.85 bits per heavy atom. The van der Waals surface area contributed by atoms with Crippen molar-refractivity contribution in [3.8, 4) is 0 Å². The largest absolute Gasteiger partial charge is 0.370 e. The Labute approximate surface area is 125 Å². The van der Waals surface area contributed by atoms with Crippen LogP contribution in [0.2, 0.25) is 0 Å². The maximum absolute atomic E-state index is 5.61. The molecule has 0 radical (unpaired) electrons. The molecule has 0 aromatic carbocycles. The van der Waals surface area contributed by atoms with Crippen LogP contribution in [-0.2, 0) is 0 Å². The van der Waals surface area contributed by atoms with E-state index in [0.717, 1.165) is 13.1 Å². The van der Waals surface area contributed by atoms with Gasteiger partial charge in [0.25, 0.3) is 0 Å². The summed E-state index contributed by atoms with van der Waals surface area (Å²) >= 11 is 0. The van der Waals surface area contributed by atoms with Crippen LogP contribution in [0.1, 0.15) is 64.7 Å². The number of nitrogens with one attached hydrogen (secondary N) is 1. The third-order valence-electron chi connectivity index (χ3n) is 3.83. The van der Waals surface area contributed by atoms with Crippen molar-refractivity contribution in [2.24, 2.45) is 5.73 Å².